The monoisotopic (exact) mass is 355 g/mol. The van der Waals surface area contributed by atoms with E-state index in [4.69, 9.17) is 9.47 Å². The van der Waals surface area contributed by atoms with Gasteiger partial charge in [0.1, 0.15) is 5.75 Å². The highest BCUT2D eigenvalue weighted by molar-refractivity contribution is 9.10. The molecule has 21 heavy (non-hydrogen) atoms. The van der Waals surface area contributed by atoms with Crippen LogP contribution in [0.3, 0.4) is 0 Å². The molecule has 0 radical (unpaired) electrons. The van der Waals surface area contributed by atoms with Crippen molar-refractivity contribution < 1.29 is 9.47 Å². The number of rotatable bonds is 8. The van der Waals surface area contributed by atoms with E-state index in [9.17, 15) is 0 Å². The summed E-state index contributed by atoms with van der Waals surface area (Å²) in [6.07, 6.45) is 3.30. The Morgan fingerprint density at radius 3 is 2.86 bits per heavy atom. The molecule has 118 valence electrons. The maximum atomic E-state index is 5.74. The van der Waals surface area contributed by atoms with Gasteiger partial charge in [-0.25, -0.2) is 0 Å². The Hall–Kier alpha value is -0.580. The second-order valence-corrected chi connectivity index (χ2v) is 6.45. The van der Waals surface area contributed by atoms with E-state index >= 15 is 0 Å². The van der Waals surface area contributed by atoms with E-state index in [0.717, 1.165) is 55.9 Å². The molecule has 1 heterocycles. The number of benzene rings is 1. The summed E-state index contributed by atoms with van der Waals surface area (Å²) in [6, 6.07) is 6.81. The highest BCUT2D eigenvalue weighted by Crippen LogP contribution is 2.33. The maximum Gasteiger partial charge on any atom is 0.133 e. The summed E-state index contributed by atoms with van der Waals surface area (Å²) in [4.78, 5) is 0. The molecule has 0 aromatic heterocycles. The van der Waals surface area contributed by atoms with Gasteiger partial charge in [-0.3, -0.25) is 0 Å². The van der Waals surface area contributed by atoms with Crippen LogP contribution in [0, 0.1) is 5.92 Å². The molecule has 1 saturated heterocycles. The van der Waals surface area contributed by atoms with Gasteiger partial charge >= 0.3 is 0 Å². The zero-order valence-corrected chi connectivity index (χ0v) is 14.6. The van der Waals surface area contributed by atoms with E-state index in [0.29, 0.717) is 12.0 Å². The van der Waals surface area contributed by atoms with Crippen molar-refractivity contribution in [2.45, 2.75) is 39.2 Å². The summed E-state index contributed by atoms with van der Waals surface area (Å²) in [7, 11) is 0. The van der Waals surface area contributed by atoms with Crippen LogP contribution in [0.4, 0.5) is 0 Å². The van der Waals surface area contributed by atoms with Gasteiger partial charge < -0.3 is 14.8 Å². The third-order valence-electron chi connectivity index (χ3n) is 3.83. The lowest BCUT2D eigenvalue weighted by Gasteiger charge is -2.25. The van der Waals surface area contributed by atoms with Gasteiger partial charge in [-0.1, -0.05) is 19.9 Å². The van der Waals surface area contributed by atoms with Crippen molar-refractivity contribution in [1.82, 2.24) is 5.32 Å². The van der Waals surface area contributed by atoms with Gasteiger partial charge in [0.25, 0.3) is 0 Å². The molecule has 0 saturated carbocycles. The highest BCUT2D eigenvalue weighted by Gasteiger charge is 2.27. The van der Waals surface area contributed by atoms with Gasteiger partial charge in [-0.2, -0.15) is 0 Å². The predicted octanol–water partition coefficient (Wildman–Crippen LogP) is 4.32. The summed E-state index contributed by atoms with van der Waals surface area (Å²) < 4.78 is 12.3. The van der Waals surface area contributed by atoms with Crippen molar-refractivity contribution in [3.63, 3.8) is 0 Å². The number of halogens is 1. The van der Waals surface area contributed by atoms with Crippen molar-refractivity contribution in [3.05, 3.63) is 28.2 Å². The number of nitrogens with one attached hydrogen (secondary N) is 1. The lowest BCUT2D eigenvalue weighted by molar-refractivity contribution is 0.176. The SMILES string of the molecule is CCCNC(c1ccc(OCCC)c(Br)c1)C1CCOC1. The smallest absolute Gasteiger partial charge is 0.133 e. The third kappa shape index (κ3) is 4.70. The first-order valence-electron chi connectivity index (χ1n) is 7.99. The molecule has 3 nitrogen and oxygen atoms in total. The summed E-state index contributed by atoms with van der Waals surface area (Å²) in [6.45, 7) is 7.85. The van der Waals surface area contributed by atoms with E-state index in [1.54, 1.807) is 0 Å². The normalized spacial score (nSPS) is 19.7. The van der Waals surface area contributed by atoms with E-state index in [1.807, 2.05) is 0 Å². The summed E-state index contributed by atoms with van der Waals surface area (Å²) in [5, 5.41) is 3.68. The van der Waals surface area contributed by atoms with E-state index in [2.05, 4.69) is 53.3 Å². The van der Waals surface area contributed by atoms with Gasteiger partial charge in [0.05, 0.1) is 17.7 Å². The molecular formula is C17H26BrNO2. The fourth-order valence-electron chi connectivity index (χ4n) is 2.71. The Morgan fingerprint density at radius 1 is 1.38 bits per heavy atom. The molecule has 1 aliphatic heterocycles. The Kier molecular flexibility index (Phi) is 7.00. The van der Waals surface area contributed by atoms with Crippen LogP contribution in [0.15, 0.2) is 22.7 Å². The van der Waals surface area contributed by atoms with Crippen LogP contribution in [0.5, 0.6) is 5.75 Å². The first-order chi connectivity index (χ1) is 10.3. The van der Waals surface area contributed by atoms with Crippen LogP contribution >= 0.6 is 15.9 Å². The minimum absolute atomic E-state index is 0.365. The van der Waals surface area contributed by atoms with Gasteiger partial charge in [-0.05, 0) is 59.4 Å². The molecule has 4 heteroatoms. The van der Waals surface area contributed by atoms with Crippen molar-refractivity contribution in [1.29, 1.82) is 0 Å². The van der Waals surface area contributed by atoms with Crippen molar-refractivity contribution in [2.24, 2.45) is 5.92 Å². The van der Waals surface area contributed by atoms with Gasteiger partial charge in [0, 0.05) is 18.6 Å². The first kappa shape index (κ1) is 16.8. The van der Waals surface area contributed by atoms with E-state index in [1.165, 1.54) is 5.56 Å². The number of hydrogen-bond acceptors (Lipinski definition) is 3. The molecule has 0 bridgehead atoms. The van der Waals surface area contributed by atoms with Crippen LogP contribution in [-0.2, 0) is 4.74 Å². The van der Waals surface area contributed by atoms with Crippen LogP contribution in [0.2, 0.25) is 0 Å². The zero-order valence-electron chi connectivity index (χ0n) is 13.0. The molecule has 1 aliphatic rings. The van der Waals surface area contributed by atoms with Crippen LogP contribution in [-0.4, -0.2) is 26.4 Å². The molecular weight excluding hydrogens is 330 g/mol. The second kappa shape index (κ2) is 8.76. The molecule has 1 aromatic carbocycles. The van der Waals surface area contributed by atoms with E-state index in [-0.39, 0.29) is 0 Å². The van der Waals surface area contributed by atoms with E-state index < -0.39 is 0 Å². The molecule has 1 fully saturated rings. The molecule has 0 spiro atoms. The fourth-order valence-corrected chi connectivity index (χ4v) is 3.22. The topological polar surface area (TPSA) is 30.5 Å². The van der Waals surface area contributed by atoms with Crippen molar-refractivity contribution >= 4 is 15.9 Å². The standard InChI is InChI=1S/C17H26BrNO2/c1-3-8-19-17(14-7-10-20-12-14)13-5-6-16(15(18)11-13)21-9-4-2/h5-6,11,14,17,19H,3-4,7-10,12H2,1-2H3. The lowest BCUT2D eigenvalue weighted by Crippen LogP contribution is -2.29. The van der Waals surface area contributed by atoms with Crippen LogP contribution in [0.25, 0.3) is 0 Å². The largest absolute Gasteiger partial charge is 0.492 e. The molecule has 2 rings (SSSR count). The summed E-state index contributed by atoms with van der Waals surface area (Å²) in [5.74, 6) is 1.49. The Labute approximate surface area is 136 Å². The van der Waals surface area contributed by atoms with Crippen LogP contribution in [0.1, 0.15) is 44.7 Å². The second-order valence-electron chi connectivity index (χ2n) is 5.59. The summed E-state index contributed by atoms with van der Waals surface area (Å²) >= 11 is 3.64. The number of ether oxygens (including phenoxy) is 2. The van der Waals surface area contributed by atoms with Gasteiger partial charge in [-0.15, -0.1) is 0 Å². The Bertz CT molecular complexity index is 433. The zero-order chi connectivity index (χ0) is 15.1. The van der Waals surface area contributed by atoms with Crippen LogP contribution < -0.4 is 10.1 Å². The molecule has 2 atom stereocenters. The Morgan fingerprint density at radius 2 is 2.24 bits per heavy atom. The van der Waals surface area contributed by atoms with Crippen molar-refractivity contribution in [3.8, 4) is 5.75 Å². The van der Waals surface area contributed by atoms with Gasteiger partial charge in [0.2, 0.25) is 0 Å². The van der Waals surface area contributed by atoms with Gasteiger partial charge in [0.15, 0.2) is 0 Å². The van der Waals surface area contributed by atoms with Crippen molar-refractivity contribution in [2.75, 3.05) is 26.4 Å². The molecule has 0 amide bonds. The summed E-state index contributed by atoms with van der Waals surface area (Å²) in [5.41, 5.74) is 1.31. The Balaban J connectivity index is 2.12. The maximum absolute atomic E-state index is 5.74. The predicted molar refractivity (Wildman–Crippen MR) is 89.9 cm³/mol. The molecule has 1 aromatic rings. The minimum Gasteiger partial charge on any atom is -0.492 e. The number of hydrogen-bond donors (Lipinski definition) is 1. The quantitative estimate of drug-likeness (QED) is 0.753. The minimum atomic E-state index is 0.365. The third-order valence-corrected chi connectivity index (χ3v) is 4.45. The molecule has 0 aliphatic carbocycles. The molecule has 2 unspecified atom stereocenters. The highest BCUT2D eigenvalue weighted by atomic mass is 79.9. The lowest BCUT2D eigenvalue weighted by atomic mass is 9.92. The average Bonchev–Trinajstić information content (AvgIpc) is 3.01. The average molecular weight is 356 g/mol. The fraction of sp³-hybridized carbons (Fsp3) is 0.647. The first-order valence-corrected chi connectivity index (χ1v) is 8.79. The molecule has 1 N–H and O–H groups in total.